The Bertz CT molecular complexity index is 243. The van der Waals surface area contributed by atoms with Crippen molar-refractivity contribution in [2.24, 2.45) is 5.92 Å². The monoisotopic (exact) mass is 272 g/mol. The largest absolute Gasteiger partial charge is 0.397 e. The predicted octanol–water partition coefficient (Wildman–Crippen LogP) is 4.88. The minimum Gasteiger partial charge on any atom is -0.397 e. The summed E-state index contributed by atoms with van der Waals surface area (Å²) in [7, 11) is 1.63. The third-order valence-corrected chi connectivity index (χ3v) is 10.5. The smallest absolute Gasteiger partial charge is 0.346 e. The Morgan fingerprint density at radius 1 is 1.17 bits per heavy atom. The topological polar surface area (TPSA) is 18.5 Å². The highest BCUT2D eigenvalue weighted by molar-refractivity contribution is 6.72. The molecule has 0 bridgehead atoms. The van der Waals surface area contributed by atoms with E-state index in [-0.39, 0.29) is 5.04 Å². The zero-order valence-electron chi connectivity index (χ0n) is 13.2. The average Bonchev–Trinajstić information content (AvgIpc) is 2.85. The average molecular weight is 273 g/mol. The molecule has 2 nitrogen and oxygen atoms in total. The van der Waals surface area contributed by atoms with E-state index in [9.17, 15) is 0 Å². The quantitative estimate of drug-likeness (QED) is 0.615. The molecule has 1 saturated carbocycles. The molecule has 0 N–H and O–H groups in total. The molecule has 1 rings (SSSR count). The van der Waals surface area contributed by atoms with Crippen molar-refractivity contribution in [2.45, 2.75) is 76.8 Å². The number of rotatable bonds is 7. The maximum absolute atomic E-state index is 6.12. The van der Waals surface area contributed by atoms with Gasteiger partial charge in [0.25, 0.3) is 0 Å². The van der Waals surface area contributed by atoms with Gasteiger partial charge in [0, 0.05) is 24.8 Å². The molecule has 0 aromatic rings. The van der Waals surface area contributed by atoms with E-state index in [1.165, 1.54) is 38.5 Å². The van der Waals surface area contributed by atoms with Crippen LogP contribution in [0.2, 0.25) is 10.6 Å². The van der Waals surface area contributed by atoms with Gasteiger partial charge in [-0.05, 0) is 18.8 Å². The first-order valence-corrected chi connectivity index (χ1v) is 9.46. The van der Waals surface area contributed by atoms with E-state index < -0.39 is 8.56 Å². The van der Waals surface area contributed by atoms with Gasteiger partial charge in [-0.25, -0.2) is 0 Å². The van der Waals surface area contributed by atoms with Crippen LogP contribution in [0.4, 0.5) is 0 Å². The van der Waals surface area contributed by atoms with Crippen LogP contribution in [-0.4, -0.2) is 22.8 Å². The zero-order chi connectivity index (χ0) is 13.8. The molecule has 0 aliphatic heterocycles. The fourth-order valence-corrected chi connectivity index (χ4v) is 8.85. The van der Waals surface area contributed by atoms with Crippen LogP contribution in [-0.2, 0) is 8.85 Å². The van der Waals surface area contributed by atoms with Gasteiger partial charge in [0.15, 0.2) is 0 Å². The van der Waals surface area contributed by atoms with Gasteiger partial charge in [0.05, 0.1) is 0 Å². The second-order valence-corrected chi connectivity index (χ2v) is 10.7. The molecular formula is C15H32O2Si. The van der Waals surface area contributed by atoms with Crippen molar-refractivity contribution in [3.63, 3.8) is 0 Å². The van der Waals surface area contributed by atoms with Crippen LogP contribution >= 0.6 is 0 Å². The molecule has 0 radical (unpaired) electrons. The van der Waals surface area contributed by atoms with E-state index in [0.717, 1.165) is 0 Å². The molecule has 3 heteroatoms. The van der Waals surface area contributed by atoms with Crippen molar-refractivity contribution < 1.29 is 8.85 Å². The molecule has 108 valence electrons. The highest BCUT2D eigenvalue weighted by atomic mass is 28.4. The van der Waals surface area contributed by atoms with E-state index in [1.54, 1.807) is 0 Å². The normalized spacial score (nSPS) is 20.3. The molecule has 0 aromatic carbocycles. The lowest BCUT2D eigenvalue weighted by molar-refractivity contribution is 0.172. The van der Waals surface area contributed by atoms with Gasteiger partial charge >= 0.3 is 8.56 Å². The number of hydrogen-bond donors (Lipinski definition) is 0. The van der Waals surface area contributed by atoms with Gasteiger partial charge in [-0.3, -0.25) is 0 Å². The third-order valence-electron chi connectivity index (χ3n) is 5.35. The Morgan fingerprint density at radius 3 is 2.06 bits per heavy atom. The predicted molar refractivity (Wildman–Crippen MR) is 80.1 cm³/mol. The Morgan fingerprint density at radius 2 is 1.67 bits per heavy atom. The Kier molecular flexibility index (Phi) is 5.88. The van der Waals surface area contributed by atoms with Crippen molar-refractivity contribution in [2.75, 3.05) is 14.2 Å². The van der Waals surface area contributed by atoms with Crippen LogP contribution in [0.15, 0.2) is 0 Å². The zero-order valence-corrected chi connectivity index (χ0v) is 14.2. The maximum atomic E-state index is 6.12. The molecule has 0 heterocycles. The van der Waals surface area contributed by atoms with E-state index in [0.29, 0.717) is 11.5 Å². The van der Waals surface area contributed by atoms with Crippen LogP contribution in [0.3, 0.4) is 0 Å². The molecule has 0 saturated heterocycles. The van der Waals surface area contributed by atoms with Crippen LogP contribution in [0.25, 0.3) is 0 Å². The van der Waals surface area contributed by atoms with Crippen LogP contribution < -0.4 is 0 Å². The molecule has 0 aromatic heterocycles. The maximum Gasteiger partial charge on any atom is 0.346 e. The third kappa shape index (κ3) is 2.68. The summed E-state index contributed by atoms with van der Waals surface area (Å²) in [6, 6.07) is 0. The summed E-state index contributed by atoms with van der Waals surface area (Å²) in [5.74, 6) is 0.662. The van der Waals surface area contributed by atoms with Crippen LogP contribution in [0.1, 0.15) is 66.2 Å². The standard InChI is InChI=1S/C15H32O2Si/c1-7-10-13(2)15(3,4)18(16-5,17-6)14-11-8-9-12-14/h13-14H,7-12H2,1-6H3. The Hall–Kier alpha value is 0.137. The second-order valence-electron chi connectivity index (χ2n) is 6.47. The lowest BCUT2D eigenvalue weighted by atomic mass is 9.92. The Balaban J connectivity index is 3.00. The Labute approximate surface area is 115 Å². The van der Waals surface area contributed by atoms with Crippen molar-refractivity contribution >= 4 is 8.56 Å². The summed E-state index contributed by atoms with van der Waals surface area (Å²) >= 11 is 0. The first-order chi connectivity index (χ1) is 8.46. The molecule has 1 atom stereocenters. The minimum absolute atomic E-state index is 0.182. The minimum atomic E-state index is -2.14. The molecule has 0 amide bonds. The lowest BCUT2D eigenvalue weighted by Gasteiger charge is -2.48. The fourth-order valence-electron chi connectivity index (χ4n) is 3.91. The summed E-state index contributed by atoms with van der Waals surface area (Å²) in [5.41, 5.74) is 0.682. The van der Waals surface area contributed by atoms with Crippen molar-refractivity contribution in [1.29, 1.82) is 0 Å². The van der Waals surface area contributed by atoms with E-state index in [4.69, 9.17) is 8.85 Å². The summed E-state index contributed by atoms with van der Waals surface area (Å²) in [5, 5.41) is 0.182. The molecular weight excluding hydrogens is 240 g/mol. The molecule has 18 heavy (non-hydrogen) atoms. The van der Waals surface area contributed by atoms with Crippen LogP contribution in [0.5, 0.6) is 0 Å². The van der Waals surface area contributed by atoms with E-state index in [1.807, 2.05) is 14.2 Å². The fraction of sp³-hybridized carbons (Fsp3) is 1.00. The second kappa shape index (κ2) is 6.53. The summed E-state index contributed by atoms with van der Waals surface area (Å²) in [6.07, 6.45) is 7.81. The van der Waals surface area contributed by atoms with Crippen molar-refractivity contribution in [1.82, 2.24) is 0 Å². The van der Waals surface area contributed by atoms with E-state index in [2.05, 4.69) is 27.7 Å². The summed E-state index contributed by atoms with van der Waals surface area (Å²) < 4.78 is 12.2. The molecule has 1 unspecified atom stereocenters. The number of hydrogen-bond acceptors (Lipinski definition) is 2. The van der Waals surface area contributed by atoms with Crippen LogP contribution in [0, 0.1) is 5.92 Å². The van der Waals surface area contributed by atoms with Gasteiger partial charge < -0.3 is 8.85 Å². The summed E-state index contributed by atoms with van der Waals surface area (Å²) in [4.78, 5) is 0. The molecule has 0 spiro atoms. The van der Waals surface area contributed by atoms with Crippen molar-refractivity contribution in [3.8, 4) is 0 Å². The summed E-state index contributed by atoms with van der Waals surface area (Å²) in [6.45, 7) is 9.40. The first kappa shape index (κ1) is 16.2. The van der Waals surface area contributed by atoms with Gasteiger partial charge in [-0.1, -0.05) is 53.4 Å². The van der Waals surface area contributed by atoms with Gasteiger partial charge in [0.2, 0.25) is 0 Å². The molecule has 1 aliphatic rings. The van der Waals surface area contributed by atoms with Gasteiger partial charge in [-0.2, -0.15) is 0 Å². The first-order valence-electron chi connectivity index (χ1n) is 7.56. The molecule has 1 aliphatic carbocycles. The van der Waals surface area contributed by atoms with Gasteiger partial charge in [0.1, 0.15) is 0 Å². The SMILES string of the molecule is CCCC(C)C(C)(C)[Si](OC)(OC)C1CCCC1. The molecule has 1 fully saturated rings. The highest BCUT2D eigenvalue weighted by Gasteiger charge is 2.58. The van der Waals surface area contributed by atoms with E-state index >= 15 is 0 Å². The lowest BCUT2D eigenvalue weighted by Crippen LogP contribution is -2.55. The van der Waals surface area contributed by atoms with Gasteiger partial charge in [-0.15, -0.1) is 0 Å². The highest BCUT2D eigenvalue weighted by Crippen LogP contribution is 2.55. The van der Waals surface area contributed by atoms with Crippen molar-refractivity contribution in [3.05, 3.63) is 0 Å².